The molecule has 16 heteroatoms. The lowest BCUT2D eigenvalue weighted by Gasteiger charge is -2.57. The van der Waals surface area contributed by atoms with E-state index in [1.807, 2.05) is 24.3 Å². The Kier molecular flexibility index (Phi) is 7.07. The van der Waals surface area contributed by atoms with Gasteiger partial charge in [0.05, 0.1) is 18.6 Å². The van der Waals surface area contributed by atoms with Gasteiger partial charge in [0.2, 0.25) is 5.13 Å². The molecule has 0 radical (unpaired) electrons. The number of hydrogen-bond acceptors (Lipinski definition) is 9. The van der Waals surface area contributed by atoms with Gasteiger partial charge in [-0.15, -0.1) is 16.4 Å². The van der Waals surface area contributed by atoms with Crippen molar-refractivity contribution in [2.24, 2.45) is 5.41 Å². The van der Waals surface area contributed by atoms with Gasteiger partial charge in [0.25, 0.3) is 11.8 Å². The van der Waals surface area contributed by atoms with Crippen molar-refractivity contribution in [2.75, 3.05) is 36.1 Å². The molecule has 1 atom stereocenters. The number of aromatic nitrogens is 3. The molecule has 6 heterocycles. The van der Waals surface area contributed by atoms with Gasteiger partial charge < -0.3 is 24.5 Å². The molecule has 2 amide bonds. The van der Waals surface area contributed by atoms with Gasteiger partial charge in [0.1, 0.15) is 5.82 Å². The van der Waals surface area contributed by atoms with E-state index < -0.39 is 35.8 Å². The predicted molar refractivity (Wildman–Crippen MR) is 164 cm³/mol. The molecular formula is C32H27F4N7O4S. The first-order chi connectivity index (χ1) is 23.0. The first-order valence-electron chi connectivity index (χ1n) is 15.3. The number of rotatable bonds is 6. The summed E-state index contributed by atoms with van der Waals surface area (Å²) in [6.45, 7) is 4.17. The number of amides is 2. The van der Waals surface area contributed by atoms with Gasteiger partial charge in [-0.1, -0.05) is 12.1 Å². The number of carbonyl (C=O) groups is 3. The number of anilines is 2. The molecule has 248 valence electrons. The molecule has 8 rings (SSSR count). The van der Waals surface area contributed by atoms with Crippen LogP contribution in [0.2, 0.25) is 0 Å². The molecule has 2 aromatic carbocycles. The second-order valence-electron chi connectivity index (χ2n) is 12.5. The zero-order valence-corrected chi connectivity index (χ0v) is 26.0. The molecule has 1 unspecified atom stereocenters. The molecule has 11 nitrogen and oxygen atoms in total. The number of halogens is 4. The van der Waals surface area contributed by atoms with Gasteiger partial charge >= 0.3 is 12.1 Å². The molecule has 1 N–H and O–H groups in total. The van der Waals surface area contributed by atoms with Crippen LogP contribution in [0.1, 0.15) is 39.8 Å². The SMILES string of the molecule is O=C(C(c1ncn2c1CCC2)N1Cc2c(F)cc(-c3ccc(N4CC5(CNC5)C4)cc3)cc2C1=O)N(OC(=O)C(F)(F)F)c1nccs1. The molecule has 2 aromatic heterocycles. The van der Waals surface area contributed by atoms with Crippen molar-refractivity contribution in [3.8, 4) is 11.1 Å². The fraction of sp³-hybridized carbons (Fsp3) is 0.344. The number of hydrogen-bond donors (Lipinski definition) is 1. The molecule has 2 saturated heterocycles. The standard InChI is InChI=1S/C32H27F4N7O4S/c33-23-11-19(18-3-5-20(6-4-18)41-15-31(16-41)13-37-14-31)10-21-22(23)12-42(27(21)44)26(25-24-2-1-8-40(24)17-39-25)28(45)43(30-38-7-9-48-30)47-29(46)32(34,35)36/h3-7,9-11,17,26,37H,1-2,8,12-16H2. The molecular weight excluding hydrogens is 654 g/mol. The van der Waals surface area contributed by atoms with Crippen LogP contribution in [0.3, 0.4) is 0 Å². The summed E-state index contributed by atoms with van der Waals surface area (Å²) in [4.78, 5) is 56.4. The van der Waals surface area contributed by atoms with Crippen molar-refractivity contribution in [1.29, 1.82) is 0 Å². The maximum atomic E-state index is 15.8. The average Bonchev–Trinajstić information content (AvgIpc) is 3.82. The molecule has 2 fully saturated rings. The van der Waals surface area contributed by atoms with Crippen molar-refractivity contribution >= 4 is 39.9 Å². The number of fused-ring (bicyclic) bond motifs is 2. The number of benzene rings is 2. The third-order valence-corrected chi connectivity index (χ3v) is 10.2. The Morgan fingerprint density at radius 3 is 2.52 bits per heavy atom. The lowest BCUT2D eigenvalue weighted by Crippen LogP contribution is -2.71. The van der Waals surface area contributed by atoms with Crippen LogP contribution in [-0.4, -0.2) is 69.6 Å². The first-order valence-corrected chi connectivity index (χ1v) is 16.2. The van der Waals surface area contributed by atoms with Gasteiger partial charge in [0, 0.05) is 72.2 Å². The van der Waals surface area contributed by atoms with Crippen LogP contribution in [0.25, 0.3) is 11.1 Å². The number of thiazole rings is 1. The Labute approximate surface area is 274 Å². The molecule has 1 spiro atoms. The quantitative estimate of drug-likeness (QED) is 0.238. The van der Waals surface area contributed by atoms with Crippen molar-refractivity contribution in [2.45, 2.75) is 38.1 Å². The maximum absolute atomic E-state index is 15.8. The highest BCUT2D eigenvalue weighted by Crippen LogP contribution is 2.41. The minimum absolute atomic E-state index is 0.0120. The maximum Gasteiger partial charge on any atom is 0.493 e. The smallest absolute Gasteiger partial charge is 0.370 e. The molecule has 0 saturated carbocycles. The number of carbonyl (C=O) groups excluding carboxylic acids is 3. The number of aryl methyl sites for hydroxylation is 1. The highest BCUT2D eigenvalue weighted by molar-refractivity contribution is 7.13. The van der Waals surface area contributed by atoms with Gasteiger partial charge in [-0.3, -0.25) is 9.59 Å². The Hall–Kier alpha value is -4.83. The summed E-state index contributed by atoms with van der Waals surface area (Å²) in [5, 5.41) is 4.48. The molecule has 4 aliphatic heterocycles. The van der Waals surface area contributed by atoms with Crippen molar-refractivity contribution < 1.29 is 36.8 Å². The van der Waals surface area contributed by atoms with E-state index in [0.29, 0.717) is 41.6 Å². The summed E-state index contributed by atoms with van der Waals surface area (Å²) in [7, 11) is 0. The number of nitrogens with one attached hydrogen (secondary N) is 1. The summed E-state index contributed by atoms with van der Waals surface area (Å²) >= 11 is 0.751. The topological polar surface area (TPSA) is 113 Å². The lowest BCUT2D eigenvalue weighted by molar-refractivity contribution is -0.202. The van der Waals surface area contributed by atoms with Gasteiger partial charge in [-0.05, 0) is 48.2 Å². The van der Waals surface area contributed by atoms with Crippen LogP contribution >= 0.6 is 11.3 Å². The third-order valence-electron chi connectivity index (χ3n) is 9.43. The van der Waals surface area contributed by atoms with Crippen LogP contribution < -0.4 is 15.3 Å². The molecule has 48 heavy (non-hydrogen) atoms. The van der Waals surface area contributed by atoms with E-state index in [1.165, 1.54) is 24.0 Å². The van der Waals surface area contributed by atoms with E-state index in [9.17, 15) is 27.6 Å². The normalized spacial score (nSPS) is 18.3. The first kappa shape index (κ1) is 30.5. The highest BCUT2D eigenvalue weighted by Gasteiger charge is 2.49. The van der Waals surface area contributed by atoms with E-state index in [-0.39, 0.29) is 33.6 Å². The second-order valence-corrected chi connectivity index (χ2v) is 13.4. The van der Waals surface area contributed by atoms with Crippen molar-refractivity contribution in [3.05, 3.63) is 82.6 Å². The Balaban J connectivity index is 1.12. The highest BCUT2D eigenvalue weighted by atomic mass is 32.1. The van der Waals surface area contributed by atoms with E-state index >= 15 is 4.39 Å². The summed E-state index contributed by atoms with van der Waals surface area (Å²) in [6, 6.07) is 8.85. The number of imidazole rings is 1. The number of alkyl halides is 3. The largest absolute Gasteiger partial charge is 0.493 e. The molecule has 4 aromatic rings. The Bertz CT molecular complexity index is 1930. The average molecular weight is 682 g/mol. The summed E-state index contributed by atoms with van der Waals surface area (Å²) < 4.78 is 57.5. The van der Waals surface area contributed by atoms with Gasteiger partial charge in [-0.25, -0.2) is 19.2 Å². The third kappa shape index (κ3) is 5.01. The van der Waals surface area contributed by atoms with Crippen LogP contribution in [0.5, 0.6) is 0 Å². The van der Waals surface area contributed by atoms with E-state index in [4.69, 9.17) is 0 Å². The fourth-order valence-corrected chi connectivity index (χ4v) is 7.53. The fourth-order valence-electron chi connectivity index (χ4n) is 6.94. The van der Waals surface area contributed by atoms with Crippen molar-refractivity contribution in [3.63, 3.8) is 0 Å². The number of hydroxylamine groups is 1. The molecule has 0 bridgehead atoms. The zero-order valence-electron chi connectivity index (χ0n) is 25.2. The monoisotopic (exact) mass is 681 g/mol. The lowest BCUT2D eigenvalue weighted by atomic mass is 9.74. The second kappa shape index (κ2) is 11.1. The zero-order chi connectivity index (χ0) is 33.4. The minimum atomic E-state index is -5.43. The van der Waals surface area contributed by atoms with Crippen LogP contribution in [0.15, 0.2) is 54.3 Å². The Morgan fingerprint density at radius 2 is 1.85 bits per heavy atom. The van der Waals surface area contributed by atoms with Crippen LogP contribution in [0.4, 0.5) is 28.4 Å². The summed E-state index contributed by atoms with van der Waals surface area (Å²) in [5.41, 5.74) is 3.27. The summed E-state index contributed by atoms with van der Waals surface area (Å²) in [5.74, 6) is -5.25. The summed E-state index contributed by atoms with van der Waals surface area (Å²) in [6.07, 6.45) is -1.53. The van der Waals surface area contributed by atoms with Gasteiger partial charge in [0.15, 0.2) is 6.04 Å². The molecule has 0 aliphatic carbocycles. The predicted octanol–water partition coefficient (Wildman–Crippen LogP) is 4.25. The minimum Gasteiger partial charge on any atom is -0.370 e. The van der Waals surface area contributed by atoms with Gasteiger partial charge in [-0.2, -0.15) is 13.2 Å². The van der Waals surface area contributed by atoms with E-state index in [1.54, 1.807) is 10.6 Å². The van der Waals surface area contributed by atoms with Crippen LogP contribution in [-0.2, 0) is 33.9 Å². The Morgan fingerprint density at radius 1 is 1.08 bits per heavy atom. The molecule has 4 aliphatic rings. The van der Waals surface area contributed by atoms with Crippen molar-refractivity contribution in [1.82, 2.24) is 24.8 Å². The van der Waals surface area contributed by atoms with E-state index in [2.05, 4.69) is 25.0 Å². The van der Waals surface area contributed by atoms with Crippen LogP contribution in [0, 0.1) is 11.2 Å². The number of nitrogens with zero attached hydrogens (tertiary/aromatic N) is 6. The van der Waals surface area contributed by atoms with E-state index in [0.717, 1.165) is 48.1 Å².